The Labute approximate surface area is 99.0 Å². The van der Waals surface area contributed by atoms with Gasteiger partial charge in [0, 0.05) is 19.3 Å². The van der Waals surface area contributed by atoms with Crippen molar-refractivity contribution < 1.29 is 4.74 Å². The summed E-state index contributed by atoms with van der Waals surface area (Å²) in [4.78, 5) is 0. The Balaban J connectivity index is 0.000000212. The van der Waals surface area contributed by atoms with Gasteiger partial charge in [-0.25, -0.2) is 0 Å². The molecule has 1 aliphatic heterocycles. The van der Waals surface area contributed by atoms with Gasteiger partial charge in [0.15, 0.2) is 0 Å². The summed E-state index contributed by atoms with van der Waals surface area (Å²) >= 11 is 0. The Bertz CT molecular complexity index is 249. The summed E-state index contributed by atoms with van der Waals surface area (Å²) in [6, 6.07) is 11.1. The highest BCUT2D eigenvalue weighted by atomic mass is 16.5. The molecule has 1 fully saturated rings. The van der Waals surface area contributed by atoms with Crippen LogP contribution in [0.25, 0.3) is 0 Å². The van der Waals surface area contributed by atoms with Gasteiger partial charge in [0.05, 0.1) is 0 Å². The molecule has 1 atom stereocenters. The summed E-state index contributed by atoms with van der Waals surface area (Å²) in [5, 5.41) is 3.21. The van der Waals surface area contributed by atoms with Gasteiger partial charge in [-0.2, -0.15) is 0 Å². The second kappa shape index (κ2) is 8.31. The lowest BCUT2D eigenvalue weighted by Crippen LogP contribution is -2.23. The van der Waals surface area contributed by atoms with Gasteiger partial charge in [0.1, 0.15) is 0 Å². The number of benzene rings is 1. The van der Waals surface area contributed by atoms with E-state index in [1.54, 1.807) is 0 Å². The van der Waals surface area contributed by atoms with Gasteiger partial charge in [-0.05, 0) is 38.8 Å². The van der Waals surface area contributed by atoms with Gasteiger partial charge in [0.25, 0.3) is 0 Å². The number of hydrogen-bond acceptors (Lipinski definition) is 2. The third-order valence-electron chi connectivity index (χ3n) is 2.70. The molecule has 1 N–H and O–H groups in total. The van der Waals surface area contributed by atoms with E-state index in [2.05, 4.69) is 36.5 Å². The molecule has 1 saturated heterocycles. The molecule has 1 aromatic rings. The van der Waals surface area contributed by atoms with E-state index in [-0.39, 0.29) is 0 Å². The summed E-state index contributed by atoms with van der Waals surface area (Å²) < 4.78 is 4.94. The highest BCUT2D eigenvalue weighted by molar-refractivity contribution is 5.15. The van der Waals surface area contributed by atoms with Gasteiger partial charge in [-0.3, -0.25) is 0 Å². The molecular weight excluding hydrogens is 198 g/mol. The first-order valence-electron chi connectivity index (χ1n) is 6.12. The van der Waals surface area contributed by atoms with Crippen molar-refractivity contribution in [2.45, 2.75) is 32.2 Å². The lowest BCUT2D eigenvalue weighted by Gasteiger charge is -2.08. The maximum absolute atomic E-state index is 4.94. The quantitative estimate of drug-likeness (QED) is 0.847. The van der Waals surface area contributed by atoms with Crippen LogP contribution in [-0.2, 0) is 11.2 Å². The zero-order chi connectivity index (χ0) is 11.6. The summed E-state index contributed by atoms with van der Waals surface area (Å²) in [6.45, 7) is 4.19. The second-order valence-electron chi connectivity index (χ2n) is 4.20. The van der Waals surface area contributed by atoms with Crippen molar-refractivity contribution in [3.8, 4) is 0 Å². The molecule has 2 heteroatoms. The molecule has 1 aliphatic rings. The Kier molecular flexibility index (Phi) is 6.86. The van der Waals surface area contributed by atoms with Crippen LogP contribution in [-0.4, -0.2) is 26.3 Å². The summed E-state index contributed by atoms with van der Waals surface area (Å²) in [5.41, 5.74) is 1.40. The fourth-order valence-electron chi connectivity index (χ4n) is 1.58. The van der Waals surface area contributed by atoms with E-state index in [9.17, 15) is 0 Å². The van der Waals surface area contributed by atoms with Crippen molar-refractivity contribution in [2.24, 2.45) is 0 Å². The van der Waals surface area contributed by atoms with Crippen LogP contribution in [0.3, 0.4) is 0 Å². The summed E-state index contributed by atoms with van der Waals surface area (Å²) in [7, 11) is 1.99. The second-order valence-corrected chi connectivity index (χ2v) is 4.20. The molecule has 0 aliphatic carbocycles. The van der Waals surface area contributed by atoms with Crippen molar-refractivity contribution in [1.82, 2.24) is 5.32 Å². The van der Waals surface area contributed by atoms with E-state index >= 15 is 0 Å². The van der Waals surface area contributed by atoms with Gasteiger partial charge >= 0.3 is 0 Å². The van der Waals surface area contributed by atoms with Crippen LogP contribution in [0.15, 0.2) is 30.3 Å². The van der Waals surface area contributed by atoms with Gasteiger partial charge in [-0.1, -0.05) is 30.3 Å². The molecule has 2 rings (SSSR count). The lowest BCUT2D eigenvalue weighted by molar-refractivity contribution is 0.198. The predicted molar refractivity (Wildman–Crippen MR) is 68.7 cm³/mol. The molecule has 1 aromatic carbocycles. The van der Waals surface area contributed by atoms with Crippen molar-refractivity contribution in [2.75, 3.05) is 20.3 Å². The first-order valence-corrected chi connectivity index (χ1v) is 6.12. The van der Waals surface area contributed by atoms with Crippen LogP contribution in [0.1, 0.15) is 25.3 Å². The molecular formula is C14H23NO. The molecule has 0 bridgehead atoms. The highest BCUT2D eigenvalue weighted by Gasteiger charge is 1.97. The normalized spacial score (nSPS) is 16.4. The fourth-order valence-corrected chi connectivity index (χ4v) is 1.58. The fraction of sp³-hybridized carbons (Fsp3) is 0.571. The van der Waals surface area contributed by atoms with Gasteiger partial charge in [-0.15, -0.1) is 0 Å². The minimum absolute atomic E-state index is 0.567. The van der Waals surface area contributed by atoms with Gasteiger partial charge < -0.3 is 10.1 Å². The lowest BCUT2D eigenvalue weighted by atomic mass is 10.1. The van der Waals surface area contributed by atoms with Crippen LogP contribution >= 0.6 is 0 Å². The molecule has 0 radical (unpaired) electrons. The van der Waals surface area contributed by atoms with Crippen LogP contribution in [0.2, 0.25) is 0 Å². The molecule has 0 amide bonds. The summed E-state index contributed by atoms with van der Waals surface area (Å²) in [5.74, 6) is 0. The first kappa shape index (κ1) is 13.2. The average molecular weight is 221 g/mol. The average Bonchev–Trinajstić information content (AvgIpc) is 2.89. The molecule has 16 heavy (non-hydrogen) atoms. The zero-order valence-corrected chi connectivity index (χ0v) is 10.4. The van der Waals surface area contributed by atoms with Crippen molar-refractivity contribution in [3.63, 3.8) is 0 Å². The molecule has 0 spiro atoms. The van der Waals surface area contributed by atoms with Crippen molar-refractivity contribution in [3.05, 3.63) is 35.9 Å². The molecule has 2 nitrogen and oxygen atoms in total. The first-order chi connectivity index (χ1) is 7.83. The topological polar surface area (TPSA) is 21.3 Å². The third kappa shape index (κ3) is 5.89. The van der Waals surface area contributed by atoms with Crippen molar-refractivity contribution >= 4 is 0 Å². The SMILES string of the molecule is C1CCOC1.CN[C@@H](C)Cc1ccccc1. The van der Waals surface area contributed by atoms with E-state index < -0.39 is 0 Å². The predicted octanol–water partition coefficient (Wildman–Crippen LogP) is 2.63. The Morgan fingerprint density at radius 1 is 1.19 bits per heavy atom. The molecule has 0 aromatic heterocycles. The Hall–Kier alpha value is -0.860. The Morgan fingerprint density at radius 3 is 2.25 bits per heavy atom. The van der Waals surface area contributed by atoms with E-state index in [4.69, 9.17) is 4.74 Å². The van der Waals surface area contributed by atoms with Crippen LogP contribution < -0.4 is 5.32 Å². The number of nitrogens with one attached hydrogen (secondary N) is 1. The molecule has 90 valence electrons. The number of hydrogen-bond donors (Lipinski definition) is 1. The maximum Gasteiger partial charge on any atom is 0.0466 e. The summed E-state index contributed by atoms with van der Waals surface area (Å²) in [6.07, 6.45) is 3.66. The molecule has 0 saturated carbocycles. The molecule has 0 unspecified atom stereocenters. The van der Waals surface area contributed by atoms with Crippen LogP contribution in [0.5, 0.6) is 0 Å². The Morgan fingerprint density at radius 2 is 1.81 bits per heavy atom. The number of rotatable bonds is 3. The van der Waals surface area contributed by atoms with Crippen LogP contribution in [0.4, 0.5) is 0 Å². The van der Waals surface area contributed by atoms with Crippen molar-refractivity contribution in [1.29, 1.82) is 0 Å². The van der Waals surface area contributed by atoms with E-state index in [1.165, 1.54) is 18.4 Å². The smallest absolute Gasteiger partial charge is 0.0466 e. The number of likely N-dealkylation sites (N-methyl/N-ethyl adjacent to an activating group) is 1. The van der Waals surface area contributed by atoms with E-state index in [1.807, 2.05) is 13.1 Å². The van der Waals surface area contributed by atoms with Gasteiger partial charge in [0.2, 0.25) is 0 Å². The van der Waals surface area contributed by atoms with Crippen LogP contribution in [0, 0.1) is 0 Å². The minimum Gasteiger partial charge on any atom is -0.381 e. The standard InChI is InChI=1S/C10H15N.C4H8O/c1-9(11-2)8-10-6-4-3-5-7-10;1-2-4-5-3-1/h3-7,9,11H,8H2,1-2H3;1-4H2/t9-;/m0./s1. The molecule has 1 heterocycles. The minimum atomic E-state index is 0.567. The largest absolute Gasteiger partial charge is 0.381 e. The monoisotopic (exact) mass is 221 g/mol. The zero-order valence-electron chi connectivity index (χ0n) is 10.4. The van der Waals surface area contributed by atoms with E-state index in [0.717, 1.165) is 19.6 Å². The third-order valence-corrected chi connectivity index (χ3v) is 2.70. The number of ether oxygens (including phenoxy) is 1. The highest BCUT2D eigenvalue weighted by Crippen LogP contribution is 2.01. The maximum atomic E-state index is 4.94. The van der Waals surface area contributed by atoms with E-state index in [0.29, 0.717) is 6.04 Å².